The largest absolute Gasteiger partial charge is 0.392 e. The van der Waals surface area contributed by atoms with E-state index in [-0.39, 0.29) is 6.61 Å². The fourth-order valence-electron chi connectivity index (χ4n) is 2.09. The van der Waals surface area contributed by atoms with Crippen molar-refractivity contribution in [2.45, 2.75) is 26.0 Å². The second-order valence-electron chi connectivity index (χ2n) is 4.42. The minimum atomic E-state index is 0.0937. The molecule has 0 unspecified atom stereocenters. The summed E-state index contributed by atoms with van der Waals surface area (Å²) in [6.07, 6.45) is 1.13. The standard InChI is InChI=1S/C13H19NO2/c1-10(12-5-6-16-9-12)14-13-4-2-3-11(7-13)8-15/h2-4,7,10,12,14-15H,5-6,8-9H2,1H3/t10-,12-/m0/s1. The number of nitrogens with one attached hydrogen (secondary N) is 1. The summed E-state index contributed by atoms with van der Waals surface area (Å²) in [5.41, 5.74) is 2.02. The number of benzene rings is 1. The Morgan fingerprint density at radius 2 is 2.44 bits per heavy atom. The molecule has 1 aromatic rings. The van der Waals surface area contributed by atoms with E-state index < -0.39 is 0 Å². The molecule has 1 fully saturated rings. The van der Waals surface area contributed by atoms with Gasteiger partial charge in [-0.3, -0.25) is 0 Å². The van der Waals surface area contributed by atoms with Crippen LogP contribution in [0.5, 0.6) is 0 Å². The highest BCUT2D eigenvalue weighted by atomic mass is 16.5. The predicted molar refractivity (Wildman–Crippen MR) is 64.4 cm³/mol. The lowest BCUT2D eigenvalue weighted by Gasteiger charge is -2.20. The summed E-state index contributed by atoms with van der Waals surface area (Å²) in [5.74, 6) is 0.595. The Morgan fingerprint density at radius 1 is 1.56 bits per heavy atom. The number of rotatable bonds is 4. The average Bonchev–Trinajstić information content (AvgIpc) is 2.83. The van der Waals surface area contributed by atoms with E-state index in [1.165, 1.54) is 0 Å². The van der Waals surface area contributed by atoms with Crippen molar-refractivity contribution in [3.63, 3.8) is 0 Å². The maximum Gasteiger partial charge on any atom is 0.0682 e. The van der Waals surface area contributed by atoms with Crippen molar-refractivity contribution in [1.29, 1.82) is 0 Å². The van der Waals surface area contributed by atoms with Crippen LogP contribution in [0.25, 0.3) is 0 Å². The van der Waals surface area contributed by atoms with Crippen molar-refractivity contribution < 1.29 is 9.84 Å². The molecule has 3 nitrogen and oxygen atoms in total. The molecule has 16 heavy (non-hydrogen) atoms. The molecule has 1 aromatic carbocycles. The van der Waals surface area contributed by atoms with Crippen LogP contribution < -0.4 is 5.32 Å². The summed E-state index contributed by atoms with van der Waals surface area (Å²) in [6.45, 7) is 4.02. The zero-order valence-corrected chi connectivity index (χ0v) is 9.65. The van der Waals surface area contributed by atoms with Crippen molar-refractivity contribution in [3.05, 3.63) is 29.8 Å². The Morgan fingerprint density at radius 3 is 3.12 bits per heavy atom. The first-order valence-corrected chi connectivity index (χ1v) is 5.83. The zero-order chi connectivity index (χ0) is 11.4. The van der Waals surface area contributed by atoms with E-state index >= 15 is 0 Å². The Kier molecular flexibility index (Phi) is 3.80. The van der Waals surface area contributed by atoms with Crippen molar-refractivity contribution in [3.8, 4) is 0 Å². The fraction of sp³-hybridized carbons (Fsp3) is 0.538. The highest BCUT2D eigenvalue weighted by Gasteiger charge is 2.21. The van der Waals surface area contributed by atoms with Crippen LogP contribution in [0.4, 0.5) is 5.69 Å². The molecule has 1 aliphatic rings. The number of ether oxygens (including phenoxy) is 1. The number of anilines is 1. The quantitative estimate of drug-likeness (QED) is 0.817. The van der Waals surface area contributed by atoms with E-state index in [1.54, 1.807) is 0 Å². The first-order valence-electron chi connectivity index (χ1n) is 5.83. The molecule has 0 amide bonds. The summed E-state index contributed by atoms with van der Waals surface area (Å²) in [4.78, 5) is 0. The van der Waals surface area contributed by atoms with Gasteiger partial charge >= 0.3 is 0 Å². The van der Waals surface area contributed by atoms with Gasteiger partial charge in [-0.05, 0) is 31.0 Å². The second kappa shape index (κ2) is 5.32. The molecule has 1 saturated heterocycles. The third kappa shape index (κ3) is 2.74. The number of hydrogen-bond donors (Lipinski definition) is 2. The van der Waals surface area contributed by atoms with Gasteiger partial charge in [-0.2, -0.15) is 0 Å². The van der Waals surface area contributed by atoms with Gasteiger partial charge in [-0.15, -0.1) is 0 Å². The third-order valence-electron chi connectivity index (χ3n) is 3.18. The van der Waals surface area contributed by atoms with Gasteiger partial charge in [0.05, 0.1) is 13.2 Å². The fourth-order valence-corrected chi connectivity index (χ4v) is 2.09. The van der Waals surface area contributed by atoms with Gasteiger partial charge < -0.3 is 15.2 Å². The van der Waals surface area contributed by atoms with E-state index in [0.717, 1.165) is 30.9 Å². The molecule has 2 atom stereocenters. The van der Waals surface area contributed by atoms with Gasteiger partial charge in [-0.25, -0.2) is 0 Å². The molecule has 1 heterocycles. The molecular weight excluding hydrogens is 202 g/mol. The van der Waals surface area contributed by atoms with Crippen LogP contribution in [0.1, 0.15) is 18.9 Å². The predicted octanol–water partition coefficient (Wildman–Crippen LogP) is 2.02. The Labute approximate surface area is 96.4 Å². The minimum Gasteiger partial charge on any atom is -0.392 e. The number of hydrogen-bond acceptors (Lipinski definition) is 3. The monoisotopic (exact) mass is 221 g/mol. The van der Waals surface area contributed by atoms with Gasteiger partial charge in [0, 0.05) is 24.3 Å². The summed E-state index contributed by atoms with van der Waals surface area (Å²) in [7, 11) is 0. The molecule has 0 bridgehead atoms. The van der Waals surface area contributed by atoms with Crippen molar-refractivity contribution in [1.82, 2.24) is 0 Å². The number of aliphatic hydroxyl groups is 1. The molecule has 3 heteroatoms. The highest BCUT2D eigenvalue weighted by molar-refractivity contribution is 5.46. The van der Waals surface area contributed by atoms with Gasteiger partial charge in [0.15, 0.2) is 0 Å². The summed E-state index contributed by atoms with van der Waals surface area (Å²) >= 11 is 0. The molecule has 0 radical (unpaired) electrons. The molecule has 0 spiro atoms. The maximum absolute atomic E-state index is 9.06. The van der Waals surface area contributed by atoms with Gasteiger partial charge in [0.25, 0.3) is 0 Å². The first kappa shape index (κ1) is 11.4. The molecule has 0 saturated carbocycles. The number of aliphatic hydroxyl groups excluding tert-OH is 1. The molecule has 0 aliphatic carbocycles. The van der Waals surface area contributed by atoms with Gasteiger partial charge in [0.2, 0.25) is 0 Å². The van der Waals surface area contributed by atoms with E-state index in [1.807, 2.05) is 24.3 Å². The van der Waals surface area contributed by atoms with Gasteiger partial charge in [-0.1, -0.05) is 12.1 Å². The summed E-state index contributed by atoms with van der Waals surface area (Å²) in [5, 5.41) is 12.5. The maximum atomic E-state index is 9.06. The van der Waals surface area contributed by atoms with Crippen molar-refractivity contribution >= 4 is 5.69 Å². The SMILES string of the molecule is C[C@H](Nc1cccc(CO)c1)[C@H]1CCOC1. The lowest BCUT2D eigenvalue weighted by Crippen LogP contribution is -2.26. The van der Waals surface area contributed by atoms with Crippen LogP contribution in [0.2, 0.25) is 0 Å². The van der Waals surface area contributed by atoms with Crippen LogP contribution in [-0.2, 0) is 11.3 Å². The molecule has 2 rings (SSSR count). The normalized spacial score (nSPS) is 22.0. The van der Waals surface area contributed by atoms with E-state index in [2.05, 4.69) is 12.2 Å². The van der Waals surface area contributed by atoms with E-state index in [4.69, 9.17) is 9.84 Å². The first-order chi connectivity index (χ1) is 7.79. The van der Waals surface area contributed by atoms with E-state index in [9.17, 15) is 0 Å². The molecule has 1 aliphatic heterocycles. The van der Waals surface area contributed by atoms with Crippen LogP contribution >= 0.6 is 0 Å². The molecular formula is C13H19NO2. The smallest absolute Gasteiger partial charge is 0.0682 e. The van der Waals surface area contributed by atoms with Crippen LogP contribution in [-0.4, -0.2) is 24.4 Å². The van der Waals surface area contributed by atoms with Crippen LogP contribution in [0.15, 0.2) is 24.3 Å². The highest BCUT2D eigenvalue weighted by Crippen LogP contribution is 2.20. The Hall–Kier alpha value is -1.06. The van der Waals surface area contributed by atoms with Crippen LogP contribution in [0, 0.1) is 5.92 Å². The van der Waals surface area contributed by atoms with Crippen molar-refractivity contribution in [2.75, 3.05) is 18.5 Å². The summed E-state index contributed by atoms with van der Waals surface area (Å²) in [6, 6.07) is 8.33. The van der Waals surface area contributed by atoms with E-state index in [0.29, 0.717) is 12.0 Å². The average molecular weight is 221 g/mol. The molecule has 2 N–H and O–H groups in total. The lowest BCUT2D eigenvalue weighted by atomic mass is 10.0. The Bertz CT molecular complexity index is 334. The lowest BCUT2D eigenvalue weighted by molar-refractivity contribution is 0.183. The van der Waals surface area contributed by atoms with Gasteiger partial charge in [0.1, 0.15) is 0 Å². The Balaban J connectivity index is 1.96. The summed E-state index contributed by atoms with van der Waals surface area (Å²) < 4.78 is 5.38. The minimum absolute atomic E-state index is 0.0937. The zero-order valence-electron chi connectivity index (χ0n) is 9.65. The molecule has 88 valence electrons. The second-order valence-corrected chi connectivity index (χ2v) is 4.42. The third-order valence-corrected chi connectivity index (χ3v) is 3.18. The topological polar surface area (TPSA) is 41.5 Å². The molecule has 0 aromatic heterocycles. The van der Waals surface area contributed by atoms with Crippen LogP contribution in [0.3, 0.4) is 0 Å². The van der Waals surface area contributed by atoms with Crippen molar-refractivity contribution in [2.24, 2.45) is 5.92 Å².